The van der Waals surface area contributed by atoms with Gasteiger partial charge in [0.25, 0.3) is 0 Å². The predicted octanol–water partition coefficient (Wildman–Crippen LogP) is 6.90. The second kappa shape index (κ2) is 9.53. The Kier molecular flexibility index (Phi) is 6.46. The maximum atomic E-state index is 13.9. The van der Waals surface area contributed by atoms with Crippen LogP contribution >= 0.6 is 11.8 Å². The highest BCUT2D eigenvalue weighted by Crippen LogP contribution is 2.55. The van der Waals surface area contributed by atoms with Crippen molar-refractivity contribution in [1.82, 2.24) is 10.2 Å². The SMILES string of the molecule is CSc1ccc(C(OC2CN(C(=O)NC34CC5CC(CC(C5)C3)C4)C2)c2ccccc2C(F)(F)F)cc1. The van der Waals surface area contributed by atoms with Crippen LogP contribution in [0.1, 0.15) is 61.3 Å². The molecule has 0 radical (unpaired) electrons. The lowest BCUT2D eigenvalue weighted by Gasteiger charge is -2.57. The minimum atomic E-state index is -4.49. The van der Waals surface area contributed by atoms with Gasteiger partial charge in [0.1, 0.15) is 6.10 Å². The second-order valence-electron chi connectivity index (χ2n) is 11.5. The van der Waals surface area contributed by atoms with E-state index in [4.69, 9.17) is 4.74 Å². The number of thioether (sulfide) groups is 1. The summed E-state index contributed by atoms with van der Waals surface area (Å²) in [4.78, 5) is 15.9. The van der Waals surface area contributed by atoms with Crippen LogP contribution in [0.25, 0.3) is 0 Å². The van der Waals surface area contributed by atoms with Crippen LogP contribution in [0.15, 0.2) is 53.4 Å². The first-order valence-electron chi connectivity index (χ1n) is 13.2. The molecule has 7 rings (SSSR count). The summed E-state index contributed by atoms with van der Waals surface area (Å²) in [6, 6.07) is 13.0. The van der Waals surface area contributed by atoms with Crippen molar-refractivity contribution in [2.75, 3.05) is 19.3 Å². The van der Waals surface area contributed by atoms with Crippen molar-refractivity contribution in [1.29, 1.82) is 0 Å². The average molecular weight is 531 g/mol. The second-order valence-corrected chi connectivity index (χ2v) is 12.4. The number of hydrogen-bond acceptors (Lipinski definition) is 3. The molecule has 1 unspecified atom stereocenters. The van der Waals surface area contributed by atoms with Gasteiger partial charge in [-0.1, -0.05) is 30.3 Å². The normalized spacial score (nSPS) is 29.7. The molecule has 1 N–H and O–H groups in total. The maximum Gasteiger partial charge on any atom is 0.416 e. The lowest BCUT2D eigenvalue weighted by Crippen LogP contribution is -2.65. The van der Waals surface area contributed by atoms with E-state index < -0.39 is 17.8 Å². The van der Waals surface area contributed by atoms with Crippen molar-refractivity contribution in [3.8, 4) is 0 Å². The Labute approximate surface area is 220 Å². The summed E-state index contributed by atoms with van der Waals surface area (Å²) in [7, 11) is 0. The monoisotopic (exact) mass is 530 g/mol. The van der Waals surface area contributed by atoms with Gasteiger partial charge in [0, 0.05) is 10.4 Å². The number of amides is 2. The van der Waals surface area contributed by atoms with Gasteiger partial charge in [0.15, 0.2) is 0 Å². The van der Waals surface area contributed by atoms with Gasteiger partial charge in [-0.25, -0.2) is 4.79 Å². The van der Waals surface area contributed by atoms with Crippen LogP contribution in [0, 0.1) is 17.8 Å². The number of nitrogens with zero attached hydrogens (tertiary/aromatic N) is 1. The Morgan fingerprint density at radius 1 is 1.00 bits per heavy atom. The Morgan fingerprint density at radius 2 is 1.59 bits per heavy atom. The molecule has 1 aliphatic heterocycles. The van der Waals surface area contributed by atoms with Crippen LogP contribution in [0.4, 0.5) is 18.0 Å². The number of nitrogens with one attached hydrogen (secondary N) is 1. The molecule has 0 spiro atoms. The molecule has 0 aromatic heterocycles. The molecule has 4 bridgehead atoms. The van der Waals surface area contributed by atoms with Crippen LogP contribution in [0.3, 0.4) is 0 Å². The van der Waals surface area contributed by atoms with Crippen molar-refractivity contribution in [3.05, 3.63) is 65.2 Å². The first-order chi connectivity index (χ1) is 17.7. The largest absolute Gasteiger partial charge is 0.416 e. The van der Waals surface area contributed by atoms with Crippen LogP contribution in [-0.4, -0.2) is 41.9 Å². The highest BCUT2D eigenvalue weighted by molar-refractivity contribution is 7.98. The minimum absolute atomic E-state index is 0.0571. The van der Waals surface area contributed by atoms with Crippen LogP contribution in [-0.2, 0) is 10.9 Å². The molecule has 4 saturated carbocycles. The summed E-state index contributed by atoms with van der Waals surface area (Å²) in [6.45, 7) is 0.761. The third-order valence-electron chi connectivity index (χ3n) is 8.84. The lowest BCUT2D eigenvalue weighted by atomic mass is 9.53. The van der Waals surface area contributed by atoms with Gasteiger partial charge in [-0.2, -0.15) is 13.2 Å². The van der Waals surface area contributed by atoms with Gasteiger partial charge in [-0.15, -0.1) is 11.8 Å². The topological polar surface area (TPSA) is 41.6 Å². The van der Waals surface area contributed by atoms with Gasteiger partial charge in [-0.3, -0.25) is 0 Å². The molecule has 37 heavy (non-hydrogen) atoms. The van der Waals surface area contributed by atoms with Gasteiger partial charge in [0.2, 0.25) is 0 Å². The number of carbonyl (C=O) groups excluding carboxylic acids is 1. The zero-order valence-electron chi connectivity index (χ0n) is 21.0. The Balaban J connectivity index is 1.15. The number of carbonyl (C=O) groups is 1. The summed E-state index contributed by atoms with van der Waals surface area (Å²) in [6.07, 6.45) is 3.47. The summed E-state index contributed by atoms with van der Waals surface area (Å²) < 4.78 is 48.0. The fourth-order valence-electron chi connectivity index (χ4n) is 7.55. The molecule has 1 heterocycles. The van der Waals surface area contributed by atoms with E-state index in [9.17, 15) is 18.0 Å². The molecule has 2 aromatic rings. The fraction of sp³-hybridized carbons (Fsp3) is 0.552. The van der Waals surface area contributed by atoms with Crippen LogP contribution in [0.2, 0.25) is 0 Å². The molecule has 1 saturated heterocycles. The predicted molar refractivity (Wildman–Crippen MR) is 137 cm³/mol. The number of ether oxygens (including phenoxy) is 1. The molecule has 4 nitrogen and oxygen atoms in total. The molecule has 2 aromatic carbocycles. The van der Waals surface area contributed by atoms with Gasteiger partial charge < -0.3 is 15.0 Å². The Morgan fingerprint density at radius 3 is 2.16 bits per heavy atom. The first-order valence-corrected chi connectivity index (χ1v) is 14.5. The number of urea groups is 1. The van der Waals surface area contributed by atoms with Crippen molar-refractivity contribution >= 4 is 17.8 Å². The number of alkyl halides is 3. The number of likely N-dealkylation sites (tertiary alicyclic amines) is 1. The van der Waals surface area contributed by atoms with E-state index in [2.05, 4.69) is 5.32 Å². The molecular weight excluding hydrogens is 497 g/mol. The Hall–Kier alpha value is -2.19. The van der Waals surface area contributed by atoms with Crippen molar-refractivity contribution in [2.45, 2.75) is 67.3 Å². The van der Waals surface area contributed by atoms with E-state index in [0.29, 0.717) is 18.7 Å². The Bertz CT molecular complexity index is 1110. The van der Waals surface area contributed by atoms with E-state index in [0.717, 1.165) is 48.0 Å². The highest BCUT2D eigenvalue weighted by Gasteiger charge is 2.52. The van der Waals surface area contributed by atoms with Crippen molar-refractivity contribution in [3.63, 3.8) is 0 Å². The molecule has 1 atom stereocenters. The molecule has 5 fully saturated rings. The summed E-state index contributed by atoms with van der Waals surface area (Å²) in [5.41, 5.74) is 0.0179. The molecule has 2 amide bonds. The van der Waals surface area contributed by atoms with Crippen molar-refractivity contribution < 1.29 is 22.7 Å². The van der Waals surface area contributed by atoms with E-state index in [-0.39, 0.29) is 23.2 Å². The summed E-state index contributed by atoms with van der Waals surface area (Å²) in [5, 5.41) is 3.39. The third kappa shape index (κ3) is 4.99. The van der Waals surface area contributed by atoms with Crippen LogP contribution in [0.5, 0.6) is 0 Å². The number of rotatable bonds is 6. The third-order valence-corrected chi connectivity index (χ3v) is 9.58. The molecule has 8 heteroatoms. The van der Waals surface area contributed by atoms with Crippen molar-refractivity contribution in [2.24, 2.45) is 17.8 Å². The molecule has 5 aliphatic rings. The van der Waals surface area contributed by atoms with E-state index in [1.807, 2.05) is 30.5 Å². The first kappa shape index (κ1) is 25.1. The molecule has 198 valence electrons. The van der Waals surface area contributed by atoms with E-state index in [1.54, 1.807) is 22.7 Å². The minimum Gasteiger partial charge on any atom is -0.362 e. The van der Waals surface area contributed by atoms with Gasteiger partial charge in [0.05, 0.1) is 24.8 Å². The van der Waals surface area contributed by atoms with Gasteiger partial charge in [-0.05, 0) is 91.9 Å². The maximum absolute atomic E-state index is 13.9. The van der Waals surface area contributed by atoms with Crippen LogP contribution < -0.4 is 5.32 Å². The molecule has 4 aliphatic carbocycles. The zero-order chi connectivity index (χ0) is 25.8. The number of benzene rings is 2. The quantitative estimate of drug-likeness (QED) is 0.413. The summed E-state index contributed by atoms with van der Waals surface area (Å²) >= 11 is 1.58. The standard InChI is InChI=1S/C29H33F3N2O2S/c1-37-23-8-6-21(7-9-23)26(24-4-2-3-5-25(24)29(30,31)32)36-22-16-34(17-22)27(35)33-28-13-18-10-19(14-28)12-20(11-18)15-28/h2-9,18-20,22,26H,10-17H2,1H3,(H,33,35). The average Bonchev–Trinajstić information content (AvgIpc) is 2.82. The number of hydrogen-bond donors (Lipinski definition) is 1. The van der Waals surface area contributed by atoms with Gasteiger partial charge >= 0.3 is 12.2 Å². The summed E-state index contributed by atoms with van der Waals surface area (Å²) in [5.74, 6) is 2.22. The van der Waals surface area contributed by atoms with E-state index >= 15 is 0 Å². The zero-order valence-corrected chi connectivity index (χ0v) is 21.8. The fourth-order valence-corrected chi connectivity index (χ4v) is 7.95. The smallest absolute Gasteiger partial charge is 0.362 e. The highest BCUT2D eigenvalue weighted by atomic mass is 32.2. The van der Waals surface area contributed by atoms with E-state index in [1.165, 1.54) is 31.4 Å². The lowest BCUT2D eigenvalue weighted by molar-refractivity contribution is -0.140. The number of halogens is 3. The molecular formula is C29H33F3N2O2S.